The van der Waals surface area contributed by atoms with Gasteiger partial charge in [-0.25, -0.2) is 0 Å². The van der Waals surface area contributed by atoms with E-state index in [1.807, 2.05) is 30.3 Å². The average molecular weight is 358 g/mol. The van der Waals surface area contributed by atoms with Crippen LogP contribution in [0.1, 0.15) is 24.0 Å². The van der Waals surface area contributed by atoms with Gasteiger partial charge in [-0.05, 0) is 30.5 Å². The molecule has 0 amide bonds. The molecule has 0 saturated heterocycles. The molecule has 0 spiro atoms. The number of benzene rings is 2. The summed E-state index contributed by atoms with van der Waals surface area (Å²) in [6.45, 7) is 5.69. The molecule has 0 radical (unpaired) electrons. The second kappa shape index (κ2) is 9.99. The molecule has 0 aliphatic rings. The number of nitrogens with one attached hydrogen (secondary N) is 2. The molecule has 0 heterocycles. The van der Waals surface area contributed by atoms with Gasteiger partial charge in [0.1, 0.15) is 0 Å². The Bertz CT molecular complexity index is 699. The molecule has 5 heteroatoms. The highest BCUT2D eigenvalue weighted by Crippen LogP contribution is 2.14. The van der Waals surface area contributed by atoms with Crippen molar-refractivity contribution < 1.29 is 4.21 Å². The molecule has 4 nitrogen and oxygen atoms in total. The van der Waals surface area contributed by atoms with Crippen molar-refractivity contribution in [3.63, 3.8) is 0 Å². The first-order valence-corrected chi connectivity index (χ1v) is 9.86. The van der Waals surface area contributed by atoms with Crippen molar-refractivity contribution in [1.29, 1.82) is 0 Å². The predicted octanol–water partition coefficient (Wildman–Crippen LogP) is 3.07. The third kappa shape index (κ3) is 6.35. The number of nitrogens with zero attached hydrogens (tertiary/aromatic N) is 1. The second-order valence-corrected chi connectivity index (χ2v) is 7.63. The van der Waals surface area contributed by atoms with Crippen molar-refractivity contribution in [2.75, 3.05) is 25.9 Å². The fourth-order valence-electron chi connectivity index (χ4n) is 2.44. The van der Waals surface area contributed by atoms with Gasteiger partial charge >= 0.3 is 0 Å². The molecule has 2 aromatic carbocycles. The van der Waals surface area contributed by atoms with E-state index < -0.39 is 10.8 Å². The smallest absolute Gasteiger partial charge is 0.191 e. The molecule has 2 N–H and O–H groups in total. The number of hydrogen-bond donors (Lipinski definition) is 2. The maximum atomic E-state index is 12.2. The summed E-state index contributed by atoms with van der Waals surface area (Å²) in [4.78, 5) is 5.09. The van der Waals surface area contributed by atoms with Crippen LogP contribution in [0.25, 0.3) is 0 Å². The summed E-state index contributed by atoms with van der Waals surface area (Å²) in [5, 5.41) is 6.57. The average Bonchev–Trinajstić information content (AvgIpc) is 2.65. The van der Waals surface area contributed by atoms with Gasteiger partial charge in [0, 0.05) is 30.8 Å². The van der Waals surface area contributed by atoms with E-state index in [2.05, 4.69) is 53.7 Å². The lowest BCUT2D eigenvalue weighted by Gasteiger charge is -2.16. The van der Waals surface area contributed by atoms with Gasteiger partial charge in [-0.3, -0.25) is 9.20 Å². The molecule has 2 atom stereocenters. The van der Waals surface area contributed by atoms with E-state index in [9.17, 15) is 4.21 Å². The molecule has 134 valence electrons. The van der Waals surface area contributed by atoms with Gasteiger partial charge < -0.3 is 10.6 Å². The van der Waals surface area contributed by atoms with Gasteiger partial charge in [0.2, 0.25) is 0 Å². The molecule has 0 fully saturated rings. The second-order valence-electron chi connectivity index (χ2n) is 6.05. The maximum Gasteiger partial charge on any atom is 0.191 e. The number of rotatable bonds is 7. The number of aryl methyl sites for hydroxylation is 1. The van der Waals surface area contributed by atoms with E-state index in [0.717, 1.165) is 17.4 Å². The molecular weight excluding hydrogens is 330 g/mol. The summed E-state index contributed by atoms with van der Waals surface area (Å²) in [5.74, 6) is 1.68. The van der Waals surface area contributed by atoms with E-state index in [1.165, 1.54) is 11.1 Å². The van der Waals surface area contributed by atoms with Crippen molar-refractivity contribution in [1.82, 2.24) is 10.6 Å². The van der Waals surface area contributed by atoms with E-state index in [-0.39, 0.29) is 0 Å². The molecule has 0 saturated carbocycles. The van der Waals surface area contributed by atoms with Crippen molar-refractivity contribution >= 4 is 16.8 Å². The SMILES string of the molecule is CN=C(NCCS(=O)c1ccccc1)NCC(C)c1ccc(C)cc1. The standard InChI is InChI=1S/C20H27N3OS/c1-16-9-11-18(12-10-16)17(2)15-23-20(21-3)22-13-14-25(24)19-7-5-4-6-8-19/h4-12,17H,13-15H2,1-3H3,(H2,21,22,23). The third-order valence-electron chi connectivity index (χ3n) is 4.03. The maximum absolute atomic E-state index is 12.2. The number of hydrogen-bond acceptors (Lipinski definition) is 2. The Balaban J connectivity index is 1.75. The van der Waals surface area contributed by atoms with Crippen molar-refractivity contribution in [3.8, 4) is 0 Å². The first-order valence-electron chi connectivity index (χ1n) is 8.54. The van der Waals surface area contributed by atoms with Crippen LogP contribution in [0, 0.1) is 6.92 Å². The first kappa shape index (κ1) is 19.2. The normalized spacial score (nSPS) is 14.0. The highest BCUT2D eigenvalue weighted by molar-refractivity contribution is 7.85. The Morgan fingerprint density at radius 1 is 1.08 bits per heavy atom. The van der Waals surface area contributed by atoms with Gasteiger partial charge in [-0.2, -0.15) is 0 Å². The molecule has 25 heavy (non-hydrogen) atoms. The summed E-state index contributed by atoms with van der Waals surface area (Å²) in [7, 11) is 0.758. The van der Waals surface area contributed by atoms with Crippen LogP contribution in [-0.4, -0.2) is 36.1 Å². The lowest BCUT2D eigenvalue weighted by molar-refractivity contribution is 0.679. The lowest BCUT2D eigenvalue weighted by Crippen LogP contribution is -2.40. The summed E-state index contributed by atoms with van der Waals surface area (Å²) in [6, 6.07) is 18.2. The van der Waals surface area contributed by atoms with Crippen LogP contribution in [0.2, 0.25) is 0 Å². The Labute approximate surface area is 153 Å². The predicted molar refractivity (Wildman–Crippen MR) is 107 cm³/mol. The zero-order chi connectivity index (χ0) is 18.1. The molecular formula is C20H27N3OS. The van der Waals surface area contributed by atoms with Crippen LogP contribution >= 0.6 is 0 Å². The number of aliphatic imine (C=N–C) groups is 1. The van der Waals surface area contributed by atoms with E-state index >= 15 is 0 Å². The highest BCUT2D eigenvalue weighted by atomic mass is 32.2. The van der Waals surface area contributed by atoms with Crippen LogP contribution < -0.4 is 10.6 Å². The van der Waals surface area contributed by atoms with Crippen LogP contribution in [-0.2, 0) is 10.8 Å². The fourth-order valence-corrected chi connectivity index (χ4v) is 3.42. The molecule has 2 rings (SSSR count). The molecule has 0 aliphatic carbocycles. The van der Waals surface area contributed by atoms with E-state index in [4.69, 9.17) is 0 Å². The van der Waals surface area contributed by atoms with Crippen LogP contribution in [0.3, 0.4) is 0 Å². The summed E-state index contributed by atoms with van der Waals surface area (Å²) in [6.07, 6.45) is 0. The minimum absolute atomic E-state index is 0.387. The van der Waals surface area contributed by atoms with Crippen LogP contribution in [0.5, 0.6) is 0 Å². The molecule has 0 aromatic heterocycles. The minimum atomic E-state index is -0.992. The summed E-state index contributed by atoms with van der Waals surface area (Å²) >= 11 is 0. The minimum Gasteiger partial charge on any atom is -0.356 e. The Kier molecular flexibility index (Phi) is 7.67. The summed E-state index contributed by atoms with van der Waals surface area (Å²) in [5.41, 5.74) is 2.58. The third-order valence-corrected chi connectivity index (χ3v) is 5.40. The quantitative estimate of drug-likeness (QED) is 0.591. The van der Waals surface area contributed by atoms with Crippen molar-refractivity contribution in [2.45, 2.75) is 24.7 Å². The molecule has 2 unspecified atom stereocenters. The van der Waals surface area contributed by atoms with Gasteiger partial charge in [0.05, 0.1) is 10.8 Å². The van der Waals surface area contributed by atoms with Gasteiger partial charge in [0.15, 0.2) is 5.96 Å². The Morgan fingerprint density at radius 3 is 2.40 bits per heavy atom. The highest BCUT2D eigenvalue weighted by Gasteiger charge is 2.07. The molecule has 0 aliphatic heterocycles. The monoisotopic (exact) mass is 357 g/mol. The molecule has 2 aromatic rings. The van der Waals surface area contributed by atoms with E-state index in [1.54, 1.807) is 7.05 Å². The first-order chi connectivity index (χ1) is 12.1. The molecule has 0 bridgehead atoms. The lowest BCUT2D eigenvalue weighted by atomic mass is 10.0. The zero-order valence-electron chi connectivity index (χ0n) is 15.2. The van der Waals surface area contributed by atoms with Crippen LogP contribution in [0.15, 0.2) is 64.5 Å². The van der Waals surface area contributed by atoms with E-state index in [0.29, 0.717) is 18.2 Å². The van der Waals surface area contributed by atoms with Crippen molar-refractivity contribution in [3.05, 3.63) is 65.7 Å². The summed E-state index contributed by atoms with van der Waals surface area (Å²) < 4.78 is 12.2. The Morgan fingerprint density at radius 2 is 1.76 bits per heavy atom. The van der Waals surface area contributed by atoms with Crippen molar-refractivity contribution in [2.24, 2.45) is 4.99 Å². The topological polar surface area (TPSA) is 53.5 Å². The zero-order valence-corrected chi connectivity index (χ0v) is 16.0. The van der Waals surface area contributed by atoms with Crippen LogP contribution in [0.4, 0.5) is 0 Å². The van der Waals surface area contributed by atoms with Gasteiger partial charge in [-0.15, -0.1) is 0 Å². The van der Waals surface area contributed by atoms with Gasteiger partial charge in [0.25, 0.3) is 0 Å². The number of guanidine groups is 1. The van der Waals surface area contributed by atoms with Gasteiger partial charge in [-0.1, -0.05) is 55.0 Å². The largest absolute Gasteiger partial charge is 0.356 e. The Hall–Kier alpha value is -2.14. The fraction of sp³-hybridized carbons (Fsp3) is 0.350.